The summed E-state index contributed by atoms with van der Waals surface area (Å²) >= 11 is 0. The Bertz CT molecular complexity index is 689. The lowest BCUT2D eigenvalue weighted by Gasteiger charge is -2.35. The molecule has 2 rings (SSSR count). The number of rotatable bonds is 3. The van der Waals surface area contributed by atoms with E-state index in [1.165, 1.54) is 0 Å². The molecule has 1 fully saturated rings. The monoisotopic (exact) mass is 390 g/mol. The van der Waals surface area contributed by atoms with Crippen molar-refractivity contribution in [1.29, 1.82) is 0 Å². The second kappa shape index (κ2) is 8.84. The first-order chi connectivity index (χ1) is 12.9. The molecule has 0 spiro atoms. The van der Waals surface area contributed by atoms with E-state index in [9.17, 15) is 9.59 Å². The van der Waals surface area contributed by atoms with Gasteiger partial charge in [-0.25, -0.2) is 9.59 Å². The van der Waals surface area contributed by atoms with Crippen LogP contribution in [0.3, 0.4) is 0 Å². The molecular formula is C22H34N2O4. The summed E-state index contributed by atoms with van der Waals surface area (Å²) in [7, 11) is 0. The van der Waals surface area contributed by atoms with E-state index in [1.807, 2.05) is 59.7 Å². The summed E-state index contributed by atoms with van der Waals surface area (Å²) in [6, 6.07) is 8.05. The SMILES string of the molecule is CC(C)(C)OC(=O)NCc1ccccc1C1CCCN(C(=O)OC(C)(C)C)C1. The predicted octanol–water partition coefficient (Wildman–Crippen LogP) is 4.83. The number of nitrogens with zero attached hydrogens (tertiary/aromatic N) is 1. The Morgan fingerprint density at radius 3 is 2.36 bits per heavy atom. The van der Waals surface area contributed by atoms with Crippen molar-refractivity contribution in [2.75, 3.05) is 13.1 Å². The highest BCUT2D eigenvalue weighted by atomic mass is 16.6. The highest BCUT2D eigenvalue weighted by Gasteiger charge is 2.29. The van der Waals surface area contributed by atoms with E-state index in [4.69, 9.17) is 9.47 Å². The van der Waals surface area contributed by atoms with Crippen molar-refractivity contribution in [3.63, 3.8) is 0 Å². The van der Waals surface area contributed by atoms with Crippen molar-refractivity contribution < 1.29 is 19.1 Å². The molecule has 0 saturated carbocycles. The van der Waals surface area contributed by atoms with E-state index >= 15 is 0 Å². The van der Waals surface area contributed by atoms with Gasteiger partial charge in [0.25, 0.3) is 0 Å². The fraction of sp³-hybridized carbons (Fsp3) is 0.636. The van der Waals surface area contributed by atoms with Crippen LogP contribution >= 0.6 is 0 Å². The number of benzene rings is 1. The number of alkyl carbamates (subject to hydrolysis) is 1. The molecule has 28 heavy (non-hydrogen) atoms. The number of hydrogen-bond acceptors (Lipinski definition) is 4. The number of piperidine rings is 1. The van der Waals surface area contributed by atoms with Crippen LogP contribution in [0.4, 0.5) is 9.59 Å². The second-order valence-electron chi connectivity index (χ2n) is 9.32. The largest absolute Gasteiger partial charge is 0.444 e. The Morgan fingerprint density at radius 1 is 1.07 bits per heavy atom. The van der Waals surface area contributed by atoms with E-state index in [-0.39, 0.29) is 12.0 Å². The fourth-order valence-electron chi connectivity index (χ4n) is 3.30. The Kier molecular flexibility index (Phi) is 6.96. The quantitative estimate of drug-likeness (QED) is 0.803. The van der Waals surface area contributed by atoms with Crippen LogP contribution in [-0.2, 0) is 16.0 Å². The molecule has 1 aromatic carbocycles. The Morgan fingerprint density at radius 2 is 1.71 bits per heavy atom. The maximum Gasteiger partial charge on any atom is 0.410 e. The van der Waals surface area contributed by atoms with E-state index in [1.54, 1.807) is 4.90 Å². The highest BCUT2D eigenvalue weighted by Crippen LogP contribution is 2.30. The van der Waals surface area contributed by atoms with Gasteiger partial charge in [0.1, 0.15) is 11.2 Å². The minimum absolute atomic E-state index is 0.220. The van der Waals surface area contributed by atoms with Crippen LogP contribution in [0.25, 0.3) is 0 Å². The summed E-state index contributed by atoms with van der Waals surface area (Å²) in [5.74, 6) is 0.220. The average Bonchev–Trinajstić information content (AvgIpc) is 2.57. The Labute approximate surface area is 168 Å². The molecule has 2 amide bonds. The van der Waals surface area contributed by atoms with Gasteiger partial charge in [0.15, 0.2) is 0 Å². The molecular weight excluding hydrogens is 356 g/mol. The Balaban J connectivity index is 2.04. The van der Waals surface area contributed by atoms with Gasteiger partial charge in [0.05, 0.1) is 0 Å². The minimum Gasteiger partial charge on any atom is -0.444 e. The molecule has 156 valence electrons. The maximum atomic E-state index is 12.5. The number of carbonyl (C=O) groups is 2. The first-order valence-electron chi connectivity index (χ1n) is 9.97. The molecule has 1 atom stereocenters. The highest BCUT2D eigenvalue weighted by molar-refractivity contribution is 5.68. The lowest BCUT2D eigenvalue weighted by atomic mass is 9.87. The molecule has 0 bridgehead atoms. The first-order valence-corrected chi connectivity index (χ1v) is 9.97. The summed E-state index contributed by atoms with van der Waals surface area (Å²) in [5.41, 5.74) is 1.18. The van der Waals surface area contributed by atoms with E-state index < -0.39 is 17.3 Å². The molecule has 6 nitrogen and oxygen atoms in total. The molecule has 6 heteroatoms. The molecule has 1 saturated heterocycles. The van der Waals surface area contributed by atoms with Crippen molar-refractivity contribution in [2.45, 2.75) is 78.0 Å². The van der Waals surface area contributed by atoms with Gasteiger partial charge >= 0.3 is 12.2 Å². The van der Waals surface area contributed by atoms with Crippen molar-refractivity contribution in [1.82, 2.24) is 10.2 Å². The first kappa shape index (κ1) is 22.1. The summed E-state index contributed by atoms with van der Waals surface area (Å²) in [6.45, 7) is 12.9. The van der Waals surface area contributed by atoms with Gasteiger partial charge in [0.2, 0.25) is 0 Å². The van der Waals surface area contributed by atoms with Gasteiger partial charge in [-0.15, -0.1) is 0 Å². The van der Waals surface area contributed by atoms with Crippen molar-refractivity contribution in [2.24, 2.45) is 0 Å². The van der Waals surface area contributed by atoms with Crippen LogP contribution in [0.15, 0.2) is 24.3 Å². The average molecular weight is 391 g/mol. The molecule has 0 aromatic heterocycles. The van der Waals surface area contributed by atoms with Crippen molar-refractivity contribution in [3.8, 4) is 0 Å². The van der Waals surface area contributed by atoms with Crippen LogP contribution in [0.1, 0.15) is 71.4 Å². The predicted molar refractivity (Wildman–Crippen MR) is 109 cm³/mol. The molecule has 1 N–H and O–H groups in total. The zero-order valence-electron chi connectivity index (χ0n) is 18.0. The lowest BCUT2D eigenvalue weighted by Crippen LogP contribution is -2.42. The van der Waals surface area contributed by atoms with Crippen LogP contribution in [0.2, 0.25) is 0 Å². The van der Waals surface area contributed by atoms with Gasteiger partial charge in [-0.3, -0.25) is 0 Å². The molecule has 0 aliphatic carbocycles. The molecule has 1 aliphatic rings. The third-order valence-electron chi connectivity index (χ3n) is 4.39. The van der Waals surface area contributed by atoms with E-state index in [0.29, 0.717) is 19.6 Å². The number of nitrogens with one attached hydrogen (secondary N) is 1. The zero-order valence-corrected chi connectivity index (χ0v) is 18.0. The number of ether oxygens (including phenoxy) is 2. The Hall–Kier alpha value is -2.24. The molecule has 1 aromatic rings. The van der Waals surface area contributed by atoms with Crippen LogP contribution in [0, 0.1) is 0 Å². The normalized spacial score (nSPS) is 17.8. The van der Waals surface area contributed by atoms with Crippen LogP contribution in [-0.4, -0.2) is 41.4 Å². The third kappa shape index (κ3) is 7.06. The van der Waals surface area contributed by atoms with Crippen molar-refractivity contribution in [3.05, 3.63) is 35.4 Å². The minimum atomic E-state index is -0.527. The molecule has 1 heterocycles. The van der Waals surface area contributed by atoms with Crippen LogP contribution in [0.5, 0.6) is 0 Å². The second-order valence-corrected chi connectivity index (χ2v) is 9.32. The van der Waals surface area contributed by atoms with Gasteiger partial charge < -0.3 is 19.7 Å². The number of likely N-dealkylation sites (tertiary alicyclic amines) is 1. The summed E-state index contributed by atoms with van der Waals surface area (Å²) < 4.78 is 10.9. The van der Waals surface area contributed by atoms with Gasteiger partial charge in [-0.2, -0.15) is 0 Å². The summed E-state index contributed by atoms with van der Waals surface area (Å²) in [4.78, 5) is 26.2. The number of amides is 2. The number of hydrogen-bond donors (Lipinski definition) is 1. The van der Waals surface area contributed by atoms with Crippen molar-refractivity contribution >= 4 is 12.2 Å². The van der Waals surface area contributed by atoms with E-state index in [2.05, 4.69) is 11.4 Å². The maximum absolute atomic E-state index is 12.5. The van der Waals surface area contributed by atoms with Gasteiger partial charge in [-0.05, 0) is 65.5 Å². The molecule has 1 aliphatic heterocycles. The smallest absolute Gasteiger partial charge is 0.410 e. The summed E-state index contributed by atoms with van der Waals surface area (Å²) in [6.07, 6.45) is 1.24. The van der Waals surface area contributed by atoms with Crippen LogP contribution < -0.4 is 5.32 Å². The standard InChI is InChI=1S/C22H34N2O4/c1-21(2,3)27-19(25)23-14-16-10-7-8-12-18(16)17-11-9-13-24(15-17)20(26)28-22(4,5)6/h7-8,10,12,17H,9,11,13-15H2,1-6H3,(H,23,25). The van der Waals surface area contributed by atoms with Gasteiger partial charge in [0, 0.05) is 25.6 Å². The van der Waals surface area contributed by atoms with Gasteiger partial charge in [-0.1, -0.05) is 24.3 Å². The molecule has 1 unspecified atom stereocenters. The third-order valence-corrected chi connectivity index (χ3v) is 4.39. The summed E-state index contributed by atoms with van der Waals surface area (Å²) in [5, 5.41) is 2.83. The fourth-order valence-corrected chi connectivity index (χ4v) is 3.30. The lowest BCUT2D eigenvalue weighted by molar-refractivity contribution is 0.0198. The zero-order chi connectivity index (χ0) is 20.9. The van der Waals surface area contributed by atoms with E-state index in [0.717, 1.165) is 24.0 Å². The topological polar surface area (TPSA) is 67.9 Å². The number of carbonyl (C=O) groups excluding carboxylic acids is 2. The molecule has 0 radical (unpaired) electrons.